The minimum atomic E-state index is -0.377. The third-order valence-electron chi connectivity index (χ3n) is 15.1. The Morgan fingerprint density at radius 3 is 2.38 bits per heavy atom. The molecule has 1 saturated heterocycles. The lowest BCUT2D eigenvalue weighted by molar-refractivity contribution is -0.118. The van der Waals surface area contributed by atoms with Gasteiger partial charge in [0, 0.05) is 86.7 Å². The zero-order valence-corrected chi connectivity index (χ0v) is 45.3. The van der Waals surface area contributed by atoms with E-state index in [4.69, 9.17) is 14.5 Å². The Balaban J connectivity index is 0.000000160. The normalized spacial score (nSPS) is 16.6. The number of methoxy groups -OCH3 is 1. The van der Waals surface area contributed by atoms with Crippen LogP contribution >= 0.6 is 21.6 Å². The van der Waals surface area contributed by atoms with E-state index in [2.05, 4.69) is 42.3 Å². The highest BCUT2D eigenvalue weighted by atomic mass is 33.1. The molecule has 10 rings (SSSR count). The van der Waals surface area contributed by atoms with E-state index in [1.807, 2.05) is 73.2 Å². The Labute approximate surface area is 436 Å². The first-order valence-electron chi connectivity index (χ1n) is 25.4. The monoisotopic (exact) mass is 1040 g/mol. The van der Waals surface area contributed by atoms with Crippen molar-refractivity contribution in [3.63, 3.8) is 0 Å². The van der Waals surface area contributed by atoms with Crippen LogP contribution in [-0.2, 0) is 64.7 Å². The zero-order chi connectivity index (χ0) is 52.5. The maximum absolute atomic E-state index is 14.6. The van der Waals surface area contributed by atoms with Crippen LogP contribution in [0, 0.1) is 25.1 Å². The largest absolute Gasteiger partial charge is 0.508 e. The lowest BCUT2D eigenvalue weighted by Gasteiger charge is -2.59. The third-order valence-corrected chi connectivity index (χ3v) is 18.8. The van der Waals surface area contributed by atoms with Crippen LogP contribution in [0.2, 0.25) is 0 Å². The van der Waals surface area contributed by atoms with E-state index >= 15 is 0 Å². The second-order valence-electron chi connectivity index (χ2n) is 21.5. The molecule has 3 aliphatic heterocycles. The molecule has 2 aliphatic carbocycles. The highest BCUT2D eigenvalue weighted by Crippen LogP contribution is 2.57. The minimum Gasteiger partial charge on any atom is -0.508 e. The van der Waals surface area contributed by atoms with Gasteiger partial charge < -0.3 is 39.3 Å². The minimum absolute atomic E-state index is 0.0847. The number of ether oxygens (including phenoxy) is 2. The fraction of sp³-hybridized carbons (Fsp3) is 0.491. The molecular weight excluding hydrogens is 966 g/mol. The average Bonchev–Trinajstić information content (AvgIpc) is 3.94. The van der Waals surface area contributed by atoms with Gasteiger partial charge in [0.05, 0.1) is 34.8 Å². The predicted octanol–water partition coefficient (Wildman–Crippen LogP) is 10.4. The summed E-state index contributed by atoms with van der Waals surface area (Å²) in [4.78, 5) is 56.7. The van der Waals surface area contributed by atoms with E-state index in [0.717, 1.165) is 84.9 Å². The van der Waals surface area contributed by atoms with Crippen molar-refractivity contribution >= 4 is 51.3 Å². The molecule has 5 aromatic rings. The van der Waals surface area contributed by atoms with Gasteiger partial charge in [-0.25, -0.2) is 14.2 Å². The van der Waals surface area contributed by atoms with Crippen molar-refractivity contribution in [2.24, 2.45) is 5.41 Å². The second-order valence-corrected chi connectivity index (χ2v) is 24.7. The number of halogens is 1. The van der Waals surface area contributed by atoms with Gasteiger partial charge in [-0.1, -0.05) is 60.6 Å². The number of pyridine rings is 2. The van der Waals surface area contributed by atoms with Crippen molar-refractivity contribution in [2.45, 2.75) is 142 Å². The number of aromatic nitrogens is 2. The molecule has 2 amide bonds. The zero-order valence-electron chi connectivity index (χ0n) is 43.7. The number of nitrogens with one attached hydrogen (secondary N) is 1. The first-order valence-corrected chi connectivity index (χ1v) is 27.6. The lowest BCUT2D eigenvalue weighted by atomic mass is 9.63. The Bertz CT molecular complexity index is 2980. The fourth-order valence-electron chi connectivity index (χ4n) is 11.2. The van der Waals surface area contributed by atoms with Crippen LogP contribution in [0.25, 0.3) is 22.3 Å². The SMILES string of the molecule is CCC(C=O)c1cc2n(c(=O)c1COC)Cc1c-2nc2cc(F)c(C)c3c2c1CCC3.CNC(=O)OCC(C)(C)SSC1CC2(C1)CN(Cc1ccc3c(c1)CN(C=O)C3)C2.Cc1cc(C(C)C)c(O)cc1O. The number of benzene rings is 3. The standard InChI is InChI=1S/C25H25FN2O3.C22H31N3O3S2.C10H14O2/c1-4-14(11-29)17-8-22-24-18(10-28(22)25(30)19(17)12-31-3)16-7-5-6-15-13(2)20(26)9-21(27-24)23(15)16;1-21(2,14-28-20(27)23-3)30-29-19-7-22(8-19)12-25(13-22)9-16-4-5-17-10-24(15-26)11-18(17)6-16;1-6(2)8-4-7(3)9(11)5-10(8)12/h8-9,11,14H,4-7,10,12H2,1-3H3;4-6,15,19H,7-14H2,1-3H3,(H,23,27);4-6,11-12H,1-3H3. The molecule has 1 unspecified atom stereocenters. The topological polar surface area (TPSA) is 164 Å². The van der Waals surface area contributed by atoms with Gasteiger partial charge in [0.15, 0.2) is 0 Å². The highest BCUT2D eigenvalue weighted by Gasteiger charge is 2.52. The number of hydrogen-bond acceptors (Lipinski definition) is 12. The van der Waals surface area contributed by atoms with Gasteiger partial charge >= 0.3 is 6.09 Å². The number of alkyl carbamates (subject to hydrolysis) is 1. The van der Waals surface area contributed by atoms with Crippen molar-refractivity contribution in [3.05, 3.63) is 120 Å². The molecule has 5 aliphatic rings. The van der Waals surface area contributed by atoms with Gasteiger partial charge in [0.2, 0.25) is 6.41 Å². The van der Waals surface area contributed by atoms with E-state index < -0.39 is 0 Å². The van der Waals surface area contributed by atoms with E-state index in [1.54, 1.807) is 18.7 Å². The molecule has 2 aromatic heterocycles. The van der Waals surface area contributed by atoms with Gasteiger partial charge in [-0.3, -0.25) is 14.5 Å². The van der Waals surface area contributed by atoms with Crippen LogP contribution < -0.4 is 10.9 Å². The summed E-state index contributed by atoms with van der Waals surface area (Å²) in [6.07, 6.45) is 7.33. The molecule has 0 radical (unpaired) electrons. The molecule has 13 nitrogen and oxygen atoms in total. The molecule has 390 valence electrons. The number of rotatable bonds is 14. The second kappa shape index (κ2) is 22.2. The number of nitrogens with zero attached hydrogens (tertiary/aromatic N) is 4. The van der Waals surface area contributed by atoms with Crippen molar-refractivity contribution in [1.82, 2.24) is 24.7 Å². The summed E-state index contributed by atoms with van der Waals surface area (Å²) in [6, 6.07) is 13.3. The van der Waals surface area contributed by atoms with Gasteiger partial charge in [0.1, 0.15) is 30.2 Å². The van der Waals surface area contributed by atoms with E-state index in [1.165, 1.54) is 60.3 Å². The number of fused-ring (bicyclic) bond motifs is 5. The molecule has 0 bridgehead atoms. The number of aldehydes is 1. The molecule has 1 spiro atoms. The molecule has 1 atom stereocenters. The summed E-state index contributed by atoms with van der Waals surface area (Å²) in [5.74, 6) is -0.00562. The number of likely N-dealkylation sites (tertiary alicyclic amines) is 1. The van der Waals surface area contributed by atoms with E-state index in [-0.39, 0.29) is 52.2 Å². The molecule has 3 aromatic carbocycles. The summed E-state index contributed by atoms with van der Waals surface area (Å²) >= 11 is 0. The Morgan fingerprint density at radius 1 is 0.986 bits per heavy atom. The van der Waals surface area contributed by atoms with Gasteiger partial charge in [0.25, 0.3) is 5.56 Å². The van der Waals surface area contributed by atoms with Crippen LogP contribution in [0.3, 0.4) is 0 Å². The van der Waals surface area contributed by atoms with Crippen LogP contribution in [-0.4, -0.2) is 92.2 Å². The summed E-state index contributed by atoms with van der Waals surface area (Å²) in [5, 5.41) is 22.9. The Hall–Kier alpha value is -5.42. The van der Waals surface area contributed by atoms with Crippen LogP contribution in [0.5, 0.6) is 11.5 Å². The van der Waals surface area contributed by atoms with Crippen molar-refractivity contribution < 1.29 is 38.5 Å². The summed E-state index contributed by atoms with van der Waals surface area (Å²) < 4.78 is 26.8. The first-order chi connectivity index (χ1) is 34.8. The number of carbonyl (C=O) groups excluding carboxylic acids is 3. The van der Waals surface area contributed by atoms with Crippen molar-refractivity contribution in [3.8, 4) is 22.9 Å². The Kier molecular flexibility index (Phi) is 16.4. The maximum atomic E-state index is 14.6. The molecule has 16 heteroatoms. The predicted molar refractivity (Wildman–Crippen MR) is 288 cm³/mol. The Morgan fingerprint density at radius 2 is 1.71 bits per heavy atom. The van der Waals surface area contributed by atoms with Gasteiger partial charge in [-0.05, 0) is 140 Å². The van der Waals surface area contributed by atoms with Gasteiger partial charge in [-0.15, -0.1) is 0 Å². The molecule has 1 saturated carbocycles. The first kappa shape index (κ1) is 53.9. The van der Waals surface area contributed by atoms with E-state index in [0.29, 0.717) is 58.1 Å². The number of phenolic OH excluding ortho intramolecular Hbond substituents is 2. The summed E-state index contributed by atoms with van der Waals surface area (Å²) in [7, 11) is 6.92. The fourth-order valence-corrected chi connectivity index (χ4v) is 14.3. The average molecular weight is 1040 g/mol. The number of hydrogen-bond donors (Lipinski definition) is 3. The number of phenols is 2. The van der Waals surface area contributed by atoms with Gasteiger partial charge in [-0.2, -0.15) is 0 Å². The molecule has 5 heterocycles. The summed E-state index contributed by atoms with van der Waals surface area (Å²) in [5.41, 5.74) is 13.3. The maximum Gasteiger partial charge on any atom is 0.406 e. The third kappa shape index (κ3) is 11.3. The highest BCUT2D eigenvalue weighted by molar-refractivity contribution is 8.77. The van der Waals surface area contributed by atoms with Crippen LogP contribution in [0.4, 0.5) is 9.18 Å². The molecule has 2 fully saturated rings. The van der Waals surface area contributed by atoms with Crippen molar-refractivity contribution in [2.75, 3.05) is 33.9 Å². The van der Waals surface area contributed by atoms with E-state index in [9.17, 15) is 33.8 Å². The quantitative estimate of drug-likeness (QED) is 0.0700. The smallest absolute Gasteiger partial charge is 0.406 e. The number of amides is 2. The molecule has 73 heavy (non-hydrogen) atoms. The van der Waals surface area contributed by atoms with Crippen LogP contribution in [0.15, 0.2) is 47.3 Å². The molecule has 3 N–H and O–H groups in total. The van der Waals surface area contributed by atoms with Crippen LogP contribution in [0.1, 0.15) is 133 Å². The number of carbonyl (C=O) groups is 3. The lowest BCUT2D eigenvalue weighted by Crippen LogP contribution is -2.62. The number of aromatic hydroxyl groups is 2. The van der Waals surface area contributed by atoms with Crippen molar-refractivity contribution in [1.29, 1.82) is 0 Å². The summed E-state index contributed by atoms with van der Waals surface area (Å²) in [6.45, 7) is 19.7. The molecular formula is C57H70FN5O8S2. The number of aryl methyl sites for hydroxylation is 3.